The van der Waals surface area contributed by atoms with Crippen molar-refractivity contribution in [2.45, 2.75) is 25.3 Å². The Labute approximate surface area is 106 Å². The van der Waals surface area contributed by atoms with Crippen molar-refractivity contribution in [2.24, 2.45) is 23.7 Å². The molecule has 3 aliphatic rings. The van der Waals surface area contributed by atoms with Crippen LogP contribution >= 0.6 is 0 Å². The molecule has 4 atom stereocenters. The molecule has 92 valence electrons. The molecule has 2 aromatic rings. The van der Waals surface area contributed by atoms with Crippen molar-refractivity contribution in [3.05, 3.63) is 30.6 Å². The van der Waals surface area contributed by atoms with E-state index in [0.717, 1.165) is 35.4 Å². The Balaban J connectivity index is 1.46. The SMILES string of the molecule is c1cc(NC2C3C4CCC(C4)C23)n2ccnc2c1. The van der Waals surface area contributed by atoms with Crippen LogP contribution in [0.25, 0.3) is 5.65 Å². The molecule has 18 heavy (non-hydrogen) atoms. The Morgan fingerprint density at radius 3 is 2.83 bits per heavy atom. The van der Waals surface area contributed by atoms with Crippen LogP contribution in [0.1, 0.15) is 19.3 Å². The lowest BCUT2D eigenvalue weighted by Gasteiger charge is -2.13. The smallest absolute Gasteiger partial charge is 0.138 e. The molecule has 3 heteroatoms. The van der Waals surface area contributed by atoms with Crippen LogP contribution in [0, 0.1) is 23.7 Å². The van der Waals surface area contributed by atoms with Gasteiger partial charge in [0.15, 0.2) is 0 Å². The maximum absolute atomic E-state index is 4.34. The van der Waals surface area contributed by atoms with Gasteiger partial charge in [-0.05, 0) is 55.1 Å². The molecule has 3 aliphatic carbocycles. The summed E-state index contributed by atoms with van der Waals surface area (Å²) in [7, 11) is 0. The highest BCUT2D eigenvalue weighted by Crippen LogP contribution is 2.66. The van der Waals surface area contributed by atoms with E-state index < -0.39 is 0 Å². The molecule has 4 unspecified atom stereocenters. The number of nitrogens with zero attached hydrogens (tertiary/aromatic N) is 2. The molecule has 0 aliphatic heterocycles. The van der Waals surface area contributed by atoms with E-state index in [0.29, 0.717) is 0 Å². The minimum Gasteiger partial charge on any atom is -0.368 e. The number of nitrogens with one attached hydrogen (secondary N) is 1. The number of aromatic nitrogens is 2. The average Bonchev–Trinajstić information content (AvgIpc) is 2.84. The van der Waals surface area contributed by atoms with Crippen molar-refractivity contribution in [3.8, 4) is 0 Å². The van der Waals surface area contributed by atoms with Crippen molar-refractivity contribution in [3.63, 3.8) is 0 Å². The molecule has 3 nitrogen and oxygen atoms in total. The van der Waals surface area contributed by atoms with E-state index in [2.05, 4.69) is 32.9 Å². The first-order chi connectivity index (χ1) is 8.92. The predicted octanol–water partition coefficient (Wildman–Crippen LogP) is 2.79. The topological polar surface area (TPSA) is 29.3 Å². The summed E-state index contributed by atoms with van der Waals surface area (Å²) in [5, 5.41) is 3.77. The van der Waals surface area contributed by atoms with Gasteiger partial charge in [0.2, 0.25) is 0 Å². The van der Waals surface area contributed by atoms with Gasteiger partial charge in [-0.3, -0.25) is 4.40 Å². The summed E-state index contributed by atoms with van der Waals surface area (Å²) in [4.78, 5) is 4.34. The molecule has 2 aromatic heterocycles. The second-order valence-corrected chi connectivity index (χ2v) is 6.22. The molecular weight excluding hydrogens is 222 g/mol. The molecule has 1 N–H and O–H groups in total. The van der Waals surface area contributed by atoms with Gasteiger partial charge in [0, 0.05) is 18.4 Å². The Morgan fingerprint density at radius 2 is 2.00 bits per heavy atom. The van der Waals surface area contributed by atoms with E-state index in [-0.39, 0.29) is 0 Å². The van der Waals surface area contributed by atoms with Gasteiger partial charge in [0.05, 0.1) is 0 Å². The number of rotatable bonds is 2. The van der Waals surface area contributed by atoms with Crippen LogP contribution in [0.2, 0.25) is 0 Å². The van der Waals surface area contributed by atoms with E-state index in [1.807, 2.05) is 12.4 Å². The standard InChI is InChI=1S/C15H17N3/c1-2-11-16-6-7-18(11)12(3-1)17-15-13-9-4-5-10(8-9)14(13)15/h1-3,6-7,9-10,13-15,17H,4-5,8H2. The molecule has 0 saturated heterocycles. The Hall–Kier alpha value is -1.51. The molecule has 0 amide bonds. The fourth-order valence-corrected chi connectivity index (χ4v) is 4.75. The summed E-state index contributed by atoms with van der Waals surface area (Å²) < 4.78 is 2.16. The third-order valence-corrected chi connectivity index (χ3v) is 5.48. The van der Waals surface area contributed by atoms with E-state index in [9.17, 15) is 0 Å². The minimum absolute atomic E-state index is 0.740. The van der Waals surface area contributed by atoms with Crippen molar-refractivity contribution < 1.29 is 0 Å². The van der Waals surface area contributed by atoms with Crippen LogP contribution in [-0.2, 0) is 0 Å². The lowest BCUT2D eigenvalue weighted by atomic mass is 10.0. The number of hydrogen-bond donors (Lipinski definition) is 1. The van der Waals surface area contributed by atoms with E-state index in [1.165, 1.54) is 25.1 Å². The third-order valence-electron chi connectivity index (χ3n) is 5.48. The number of pyridine rings is 1. The summed E-state index contributed by atoms with van der Waals surface area (Å²) >= 11 is 0. The zero-order valence-corrected chi connectivity index (χ0v) is 10.3. The summed E-state index contributed by atoms with van der Waals surface area (Å²) in [6.07, 6.45) is 8.41. The highest BCUT2D eigenvalue weighted by atomic mass is 15.1. The first kappa shape index (κ1) is 9.42. The van der Waals surface area contributed by atoms with E-state index in [4.69, 9.17) is 0 Å². The normalized spacial score (nSPS) is 40.1. The number of fused-ring (bicyclic) bond motifs is 6. The monoisotopic (exact) mass is 239 g/mol. The summed E-state index contributed by atoms with van der Waals surface area (Å²) in [6, 6.07) is 7.06. The van der Waals surface area contributed by atoms with Gasteiger partial charge in [0.25, 0.3) is 0 Å². The maximum Gasteiger partial charge on any atom is 0.138 e. The summed E-state index contributed by atoms with van der Waals surface area (Å²) in [5.41, 5.74) is 1.04. The van der Waals surface area contributed by atoms with Gasteiger partial charge in [-0.2, -0.15) is 0 Å². The Bertz CT molecular complexity index is 601. The maximum atomic E-state index is 4.34. The second kappa shape index (κ2) is 3.08. The van der Waals surface area contributed by atoms with Crippen molar-refractivity contribution in [2.75, 3.05) is 5.32 Å². The second-order valence-electron chi connectivity index (χ2n) is 6.22. The molecule has 2 heterocycles. The summed E-state index contributed by atoms with van der Waals surface area (Å²) in [6.45, 7) is 0. The van der Waals surface area contributed by atoms with Crippen LogP contribution in [0.5, 0.6) is 0 Å². The quantitative estimate of drug-likeness (QED) is 0.873. The molecule has 0 aromatic carbocycles. The van der Waals surface area contributed by atoms with Gasteiger partial charge in [0.1, 0.15) is 11.5 Å². The van der Waals surface area contributed by atoms with Crippen LogP contribution in [-0.4, -0.2) is 15.4 Å². The lowest BCUT2D eigenvalue weighted by Crippen LogP contribution is -2.14. The number of hydrogen-bond acceptors (Lipinski definition) is 2. The largest absolute Gasteiger partial charge is 0.368 e. The first-order valence-corrected chi connectivity index (χ1v) is 7.10. The average molecular weight is 239 g/mol. The van der Waals surface area contributed by atoms with E-state index in [1.54, 1.807) is 0 Å². The van der Waals surface area contributed by atoms with Crippen LogP contribution < -0.4 is 5.32 Å². The zero-order valence-electron chi connectivity index (χ0n) is 10.3. The highest BCUT2D eigenvalue weighted by molar-refractivity contribution is 5.51. The Kier molecular flexibility index (Phi) is 1.61. The minimum atomic E-state index is 0.740. The van der Waals surface area contributed by atoms with Gasteiger partial charge in [-0.15, -0.1) is 0 Å². The number of anilines is 1. The van der Waals surface area contributed by atoms with Gasteiger partial charge in [-0.25, -0.2) is 4.98 Å². The van der Waals surface area contributed by atoms with Crippen molar-refractivity contribution >= 4 is 11.5 Å². The van der Waals surface area contributed by atoms with E-state index >= 15 is 0 Å². The highest BCUT2D eigenvalue weighted by Gasteiger charge is 2.65. The fraction of sp³-hybridized carbons (Fsp3) is 0.533. The third kappa shape index (κ3) is 1.08. The fourth-order valence-electron chi connectivity index (χ4n) is 4.75. The molecule has 3 saturated carbocycles. The molecule has 0 radical (unpaired) electrons. The van der Waals surface area contributed by atoms with Crippen LogP contribution in [0.3, 0.4) is 0 Å². The first-order valence-electron chi connectivity index (χ1n) is 7.10. The van der Waals surface area contributed by atoms with Gasteiger partial charge < -0.3 is 5.32 Å². The molecule has 3 fully saturated rings. The van der Waals surface area contributed by atoms with Crippen LogP contribution in [0.4, 0.5) is 5.82 Å². The molecule has 5 rings (SSSR count). The van der Waals surface area contributed by atoms with Gasteiger partial charge in [-0.1, -0.05) is 6.07 Å². The molecular formula is C15H17N3. The molecule has 2 bridgehead atoms. The predicted molar refractivity (Wildman–Crippen MR) is 70.4 cm³/mol. The van der Waals surface area contributed by atoms with Gasteiger partial charge >= 0.3 is 0 Å². The van der Waals surface area contributed by atoms with Crippen LogP contribution in [0.15, 0.2) is 30.6 Å². The Morgan fingerprint density at radius 1 is 1.17 bits per heavy atom. The van der Waals surface area contributed by atoms with Crippen molar-refractivity contribution in [1.82, 2.24) is 9.38 Å². The molecule has 0 spiro atoms. The lowest BCUT2D eigenvalue weighted by molar-refractivity contribution is 0.456. The van der Waals surface area contributed by atoms with Crippen molar-refractivity contribution in [1.29, 1.82) is 0 Å². The summed E-state index contributed by atoms with van der Waals surface area (Å²) in [5.74, 6) is 5.22. The number of imidazole rings is 1. The zero-order chi connectivity index (χ0) is 11.7.